The SMILES string of the molecule is CC1CCCC=C1I. The van der Waals surface area contributed by atoms with Gasteiger partial charge in [-0.1, -0.05) is 13.0 Å². The van der Waals surface area contributed by atoms with Gasteiger partial charge in [-0.3, -0.25) is 0 Å². The molecule has 46 valence electrons. The van der Waals surface area contributed by atoms with Crippen LogP contribution in [0.2, 0.25) is 0 Å². The summed E-state index contributed by atoms with van der Waals surface area (Å²) in [4.78, 5) is 0. The van der Waals surface area contributed by atoms with Gasteiger partial charge in [-0.2, -0.15) is 0 Å². The van der Waals surface area contributed by atoms with Gasteiger partial charge >= 0.3 is 0 Å². The smallest absolute Gasteiger partial charge is 0.0106 e. The first kappa shape index (κ1) is 6.59. The zero-order valence-corrected chi connectivity index (χ0v) is 7.31. The molecule has 0 aliphatic heterocycles. The van der Waals surface area contributed by atoms with Crippen LogP contribution < -0.4 is 0 Å². The molecule has 0 saturated heterocycles. The predicted molar refractivity (Wildman–Crippen MR) is 45.1 cm³/mol. The average molecular weight is 222 g/mol. The van der Waals surface area contributed by atoms with E-state index in [1.54, 1.807) is 3.58 Å². The van der Waals surface area contributed by atoms with Gasteiger partial charge in [0, 0.05) is 0 Å². The third-order valence-electron chi connectivity index (χ3n) is 1.65. The predicted octanol–water partition coefficient (Wildman–Crippen LogP) is 3.13. The lowest BCUT2D eigenvalue weighted by atomic mass is 9.98. The molecule has 0 spiro atoms. The maximum Gasteiger partial charge on any atom is -0.0106 e. The van der Waals surface area contributed by atoms with Crippen molar-refractivity contribution in [3.8, 4) is 0 Å². The second-order valence-corrected chi connectivity index (χ2v) is 3.67. The van der Waals surface area contributed by atoms with E-state index in [2.05, 4.69) is 35.6 Å². The monoisotopic (exact) mass is 222 g/mol. The van der Waals surface area contributed by atoms with Crippen LogP contribution >= 0.6 is 22.6 Å². The highest BCUT2D eigenvalue weighted by Gasteiger charge is 2.08. The molecule has 0 nitrogen and oxygen atoms in total. The van der Waals surface area contributed by atoms with Gasteiger partial charge in [-0.25, -0.2) is 0 Å². The van der Waals surface area contributed by atoms with Crippen molar-refractivity contribution in [2.75, 3.05) is 0 Å². The highest BCUT2D eigenvalue weighted by atomic mass is 127. The molecule has 0 saturated carbocycles. The second-order valence-electron chi connectivity index (χ2n) is 2.42. The number of hydrogen-bond acceptors (Lipinski definition) is 0. The Labute approximate surface area is 64.5 Å². The Balaban J connectivity index is 2.53. The van der Waals surface area contributed by atoms with Gasteiger partial charge < -0.3 is 0 Å². The summed E-state index contributed by atoms with van der Waals surface area (Å²) >= 11 is 2.44. The Morgan fingerprint density at radius 1 is 1.75 bits per heavy atom. The molecule has 1 rings (SSSR count). The maximum atomic E-state index is 2.44. The fourth-order valence-corrected chi connectivity index (χ4v) is 1.63. The zero-order chi connectivity index (χ0) is 5.98. The van der Waals surface area contributed by atoms with E-state index in [4.69, 9.17) is 0 Å². The molecule has 1 aliphatic carbocycles. The van der Waals surface area contributed by atoms with Gasteiger partial charge in [0.05, 0.1) is 0 Å². The Morgan fingerprint density at radius 3 is 2.88 bits per heavy atom. The second kappa shape index (κ2) is 2.85. The summed E-state index contributed by atoms with van der Waals surface area (Å²) in [6.45, 7) is 2.30. The molecule has 1 aliphatic rings. The maximum absolute atomic E-state index is 2.44. The molecule has 1 heteroatoms. The molecule has 0 fully saturated rings. The van der Waals surface area contributed by atoms with Crippen molar-refractivity contribution in [2.45, 2.75) is 26.2 Å². The van der Waals surface area contributed by atoms with Crippen molar-refractivity contribution < 1.29 is 0 Å². The fourth-order valence-electron chi connectivity index (χ4n) is 1.00. The Morgan fingerprint density at radius 2 is 2.50 bits per heavy atom. The van der Waals surface area contributed by atoms with E-state index in [9.17, 15) is 0 Å². The van der Waals surface area contributed by atoms with Gasteiger partial charge in [-0.15, -0.1) is 0 Å². The highest BCUT2D eigenvalue weighted by molar-refractivity contribution is 14.1. The Kier molecular flexibility index (Phi) is 2.35. The lowest BCUT2D eigenvalue weighted by molar-refractivity contribution is 0.580. The molecule has 0 bridgehead atoms. The first-order valence-corrected chi connectivity index (χ1v) is 4.24. The standard InChI is InChI=1S/C7H11I/c1-6-4-2-3-5-7(6)8/h5-6H,2-4H2,1H3. The van der Waals surface area contributed by atoms with Crippen molar-refractivity contribution in [3.63, 3.8) is 0 Å². The minimum absolute atomic E-state index is 0.851. The number of rotatable bonds is 0. The number of halogens is 1. The van der Waals surface area contributed by atoms with Crippen molar-refractivity contribution in [3.05, 3.63) is 9.66 Å². The van der Waals surface area contributed by atoms with Crippen LogP contribution in [0, 0.1) is 5.92 Å². The highest BCUT2D eigenvalue weighted by Crippen LogP contribution is 2.28. The van der Waals surface area contributed by atoms with Gasteiger partial charge in [0.15, 0.2) is 0 Å². The van der Waals surface area contributed by atoms with E-state index < -0.39 is 0 Å². The topological polar surface area (TPSA) is 0 Å². The third kappa shape index (κ3) is 1.47. The van der Waals surface area contributed by atoms with Gasteiger partial charge in [0.2, 0.25) is 0 Å². The molecule has 1 unspecified atom stereocenters. The number of allylic oxidation sites excluding steroid dienone is 2. The van der Waals surface area contributed by atoms with Crippen LogP contribution in [0.3, 0.4) is 0 Å². The van der Waals surface area contributed by atoms with E-state index in [-0.39, 0.29) is 0 Å². The van der Waals surface area contributed by atoms with Crippen LogP contribution in [0.4, 0.5) is 0 Å². The third-order valence-corrected chi connectivity index (χ3v) is 3.15. The molecule has 0 aromatic heterocycles. The summed E-state index contributed by atoms with van der Waals surface area (Å²) in [5.74, 6) is 0.851. The van der Waals surface area contributed by atoms with E-state index >= 15 is 0 Å². The van der Waals surface area contributed by atoms with Crippen LogP contribution in [0.15, 0.2) is 9.66 Å². The molecule has 8 heavy (non-hydrogen) atoms. The largest absolute Gasteiger partial charge is 0.0750 e. The summed E-state index contributed by atoms with van der Waals surface area (Å²) in [5.41, 5.74) is 0. The fraction of sp³-hybridized carbons (Fsp3) is 0.714. The molecule has 0 N–H and O–H groups in total. The normalized spacial score (nSPS) is 29.8. The lowest BCUT2D eigenvalue weighted by Crippen LogP contribution is -1.98. The van der Waals surface area contributed by atoms with Crippen LogP contribution in [0.25, 0.3) is 0 Å². The average Bonchev–Trinajstić information content (AvgIpc) is 1.77. The molecule has 0 heterocycles. The lowest BCUT2D eigenvalue weighted by Gasteiger charge is -2.14. The molecular weight excluding hydrogens is 211 g/mol. The molecule has 0 aromatic carbocycles. The quantitative estimate of drug-likeness (QED) is 0.552. The summed E-state index contributed by atoms with van der Waals surface area (Å²) in [6.07, 6.45) is 6.46. The van der Waals surface area contributed by atoms with Gasteiger partial charge in [0.25, 0.3) is 0 Å². The van der Waals surface area contributed by atoms with E-state index in [1.807, 2.05) is 0 Å². The first-order valence-electron chi connectivity index (χ1n) is 3.16. The van der Waals surface area contributed by atoms with Crippen LogP contribution in [0.1, 0.15) is 26.2 Å². The van der Waals surface area contributed by atoms with E-state index in [0.717, 1.165) is 5.92 Å². The molecular formula is C7H11I. The zero-order valence-electron chi connectivity index (χ0n) is 5.15. The molecule has 1 atom stereocenters. The molecule has 0 aromatic rings. The Hall–Kier alpha value is 0.470. The molecule has 0 radical (unpaired) electrons. The first-order chi connectivity index (χ1) is 3.80. The molecule has 0 amide bonds. The van der Waals surface area contributed by atoms with Crippen molar-refractivity contribution >= 4 is 22.6 Å². The summed E-state index contributed by atoms with van der Waals surface area (Å²) in [6, 6.07) is 0. The van der Waals surface area contributed by atoms with Crippen LogP contribution in [-0.2, 0) is 0 Å². The minimum Gasteiger partial charge on any atom is -0.0750 e. The van der Waals surface area contributed by atoms with Crippen LogP contribution in [0.5, 0.6) is 0 Å². The van der Waals surface area contributed by atoms with Crippen molar-refractivity contribution in [2.24, 2.45) is 5.92 Å². The van der Waals surface area contributed by atoms with Crippen molar-refractivity contribution in [1.29, 1.82) is 0 Å². The van der Waals surface area contributed by atoms with Crippen LogP contribution in [-0.4, -0.2) is 0 Å². The summed E-state index contributed by atoms with van der Waals surface area (Å²) in [7, 11) is 0. The van der Waals surface area contributed by atoms with E-state index in [1.165, 1.54) is 19.3 Å². The summed E-state index contributed by atoms with van der Waals surface area (Å²) in [5, 5.41) is 0. The van der Waals surface area contributed by atoms with Gasteiger partial charge in [-0.05, 0) is 51.4 Å². The number of hydrogen-bond donors (Lipinski definition) is 0. The Bertz CT molecular complexity index is 105. The van der Waals surface area contributed by atoms with E-state index in [0.29, 0.717) is 0 Å². The summed E-state index contributed by atoms with van der Waals surface area (Å²) < 4.78 is 1.56. The minimum atomic E-state index is 0.851. The van der Waals surface area contributed by atoms with Crippen molar-refractivity contribution in [1.82, 2.24) is 0 Å². The van der Waals surface area contributed by atoms with Gasteiger partial charge in [0.1, 0.15) is 0 Å².